The van der Waals surface area contributed by atoms with E-state index in [0.717, 1.165) is 9.75 Å². The number of thiophene rings is 1. The van der Waals surface area contributed by atoms with E-state index in [1.807, 2.05) is 24.0 Å². The molecule has 0 aliphatic carbocycles. The maximum Gasteiger partial charge on any atom is 0.338 e. The minimum Gasteiger partial charge on any atom is -0.338 e. The molecule has 3 amide bonds. The van der Waals surface area contributed by atoms with Crippen LogP contribution in [0.25, 0.3) is 0 Å². The molecule has 0 radical (unpaired) electrons. The van der Waals surface area contributed by atoms with Crippen LogP contribution in [0.1, 0.15) is 27.4 Å². The van der Waals surface area contributed by atoms with Crippen LogP contribution >= 0.6 is 11.3 Å². The summed E-state index contributed by atoms with van der Waals surface area (Å²) in [5.74, 6) is -0.367. The van der Waals surface area contributed by atoms with Gasteiger partial charge in [-0.25, -0.2) is 19.6 Å². The summed E-state index contributed by atoms with van der Waals surface area (Å²) in [6, 6.07) is 9.37. The molecule has 3 heterocycles. The molecule has 2 aliphatic rings. The van der Waals surface area contributed by atoms with E-state index in [-0.39, 0.29) is 11.9 Å². The van der Waals surface area contributed by atoms with Crippen molar-refractivity contribution < 1.29 is 14.0 Å². The first-order valence-corrected chi connectivity index (χ1v) is 9.29. The van der Waals surface area contributed by atoms with Gasteiger partial charge in [0.1, 0.15) is 11.5 Å². The number of likely N-dealkylation sites (tertiary alicyclic amines) is 1. The van der Waals surface area contributed by atoms with Gasteiger partial charge in [0.15, 0.2) is 0 Å². The molecule has 4 rings (SSSR count). The van der Waals surface area contributed by atoms with Crippen molar-refractivity contribution in [2.45, 2.75) is 25.4 Å². The fraction of sp³-hybridized carbons (Fsp3) is 0.333. The molecule has 2 aromatic rings. The van der Waals surface area contributed by atoms with Gasteiger partial charge in [-0.3, -0.25) is 4.79 Å². The number of piperidine rings is 1. The van der Waals surface area contributed by atoms with Gasteiger partial charge in [0.2, 0.25) is 0 Å². The van der Waals surface area contributed by atoms with Crippen molar-refractivity contribution >= 4 is 29.0 Å². The number of anilines is 1. The van der Waals surface area contributed by atoms with Crippen LogP contribution in [0.3, 0.4) is 0 Å². The number of aryl methyl sites for hydroxylation is 1. The predicted molar refractivity (Wildman–Crippen MR) is 97.5 cm³/mol. The van der Waals surface area contributed by atoms with Crippen LogP contribution in [0.5, 0.6) is 0 Å². The normalized spacial score (nSPS) is 19.1. The number of hydrazine groups is 1. The van der Waals surface area contributed by atoms with E-state index in [4.69, 9.17) is 0 Å². The van der Waals surface area contributed by atoms with Crippen molar-refractivity contribution in [1.29, 1.82) is 0 Å². The Balaban J connectivity index is 1.44. The molecule has 1 aromatic carbocycles. The van der Waals surface area contributed by atoms with Crippen LogP contribution in [-0.4, -0.2) is 35.6 Å². The van der Waals surface area contributed by atoms with Crippen molar-refractivity contribution in [2.75, 3.05) is 18.1 Å². The van der Waals surface area contributed by atoms with Crippen molar-refractivity contribution in [3.63, 3.8) is 0 Å². The molecular weight excluding hydrogens is 355 g/mol. The fourth-order valence-corrected chi connectivity index (χ4v) is 4.22. The number of nitrogens with one attached hydrogen (secondary N) is 2. The van der Waals surface area contributed by atoms with Crippen LogP contribution in [0, 0.1) is 12.7 Å². The van der Waals surface area contributed by atoms with Gasteiger partial charge in [0.25, 0.3) is 5.91 Å². The topological polar surface area (TPSA) is 64.7 Å². The van der Waals surface area contributed by atoms with E-state index >= 15 is 0 Å². The lowest BCUT2D eigenvalue weighted by Gasteiger charge is -2.38. The molecule has 8 heteroatoms. The maximum absolute atomic E-state index is 13.5. The number of halogens is 1. The lowest BCUT2D eigenvalue weighted by molar-refractivity contribution is 0.0645. The minimum atomic E-state index is -0.606. The van der Waals surface area contributed by atoms with Crippen molar-refractivity contribution in [3.8, 4) is 0 Å². The molecule has 2 fully saturated rings. The SMILES string of the molecule is Cc1ccc(C(=O)N2CCC3(CC2)NC(=O)N(c2cccc(F)c2)N3)s1. The molecular formula is C18H19FN4O2S. The fourth-order valence-electron chi connectivity index (χ4n) is 3.38. The van der Waals surface area contributed by atoms with Gasteiger partial charge in [-0.05, 0) is 37.3 Å². The maximum atomic E-state index is 13.5. The van der Waals surface area contributed by atoms with Gasteiger partial charge in [0.05, 0.1) is 10.6 Å². The number of urea groups is 1. The van der Waals surface area contributed by atoms with Gasteiger partial charge < -0.3 is 10.2 Å². The molecule has 2 N–H and O–H groups in total. The van der Waals surface area contributed by atoms with Crippen molar-refractivity contribution in [3.05, 3.63) is 52.0 Å². The lowest BCUT2D eigenvalue weighted by Crippen LogP contribution is -2.58. The second-order valence-electron chi connectivity index (χ2n) is 6.64. The van der Waals surface area contributed by atoms with Crippen LogP contribution in [0.2, 0.25) is 0 Å². The number of carbonyl (C=O) groups excluding carboxylic acids is 2. The highest BCUT2D eigenvalue weighted by atomic mass is 32.1. The van der Waals surface area contributed by atoms with E-state index in [9.17, 15) is 14.0 Å². The van der Waals surface area contributed by atoms with Gasteiger partial charge >= 0.3 is 6.03 Å². The molecule has 0 saturated carbocycles. The number of benzene rings is 1. The molecule has 0 atom stereocenters. The Hall–Kier alpha value is -2.45. The van der Waals surface area contributed by atoms with E-state index in [1.165, 1.54) is 28.5 Å². The summed E-state index contributed by atoms with van der Waals surface area (Å²) >= 11 is 1.49. The number of hydrogen-bond donors (Lipinski definition) is 2. The Kier molecular flexibility index (Phi) is 4.16. The smallest absolute Gasteiger partial charge is 0.338 e. The van der Waals surface area contributed by atoms with E-state index in [0.29, 0.717) is 31.6 Å². The van der Waals surface area contributed by atoms with Gasteiger partial charge in [-0.15, -0.1) is 11.3 Å². The largest absolute Gasteiger partial charge is 0.338 e. The molecule has 0 bridgehead atoms. The monoisotopic (exact) mass is 374 g/mol. The first-order valence-electron chi connectivity index (χ1n) is 8.47. The number of amides is 3. The number of nitrogens with zero attached hydrogens (tertiary/aromatic N) is 2. The standard InChI is InChI=1S/C18H19FN4O2S/c1-12-5-6-15(26-12)16(24)22-9-7-18(8-10-22)20-17(25)23(21-18)14-4-2-3-13(19)11-14/h2-6,11,21H,7-10H2,1H3,(H,20,25). The molecule has 136 valence electrons. The van der Waals surface area contributed by atoms with Crippen molar-refractivity contribution in [1.82, 2.24) is 15.6 Å². The highest BCUT2D eigenvalue weighted by Gasteiger charge is 2.45. The molecule has 1 spiro atoms. The second-order valence-corrected chi connectivity index (χ2v) is 7.93. The first-order chi connectivity index (χ1) is 12.5. The van der Waals surface area contributed by atoms with Gasteiger partial charge in [-0.1, -0.05) is 6.07 Å². The first kappa shape index (κ1) is 17.0. The summed E-state index contributed by atoms with van der Waals surface area (Å²) in [5.41, 5.74) is 3.02. The summed E-state index contributed by atoms with van der Waals surface area (Å²) in [6.07, 6.45) is 1.17. The van der Waals surface area contributed by atoms with Gasteiger partial charge in [0, 0.05) is 30.8 Å². The lowest BCUT2D eigenvalue weighted by atomic mass is 9.98. The molecule has 2 saturated heterocycles. The van der Waals surface area contributed by atoms with Crippen LogP contribution in [-0.2, 0) is 0 Å². The van der Waals surface area contributed by atoms with Crippen LogP contribution < -0.4 is 15.8 Å². The van der Waals surface area contributed by atoms with Crippen molar-refractivity contribution in [2.24, 2.45) is 0 Å². The number of carbonyl (C=O) groups is 2. The summed E-state index contributed by atoms with van der Waals surface area (Å²) in [6.45, 7) is 3.06. The zero-order chi connectivity index (χ0) is 18.3. The molecule has 1 aromatic heterocycles. The molecule has 0 unspecified atom stereocenters. The Bertz CT molecular complexity index is 860. The third kappa shape index (κ3) is 3.06. The minimum absolute atomic E-state index is 0.0317. The Morgan fingerprint density at radius 2 is 2.00 bits per heavy atom. The average Bonchev–Trinajstić information content (AvgIpc) is 3.19. The zero-order valence-corrected chi connectivity index (χ0v) is 15.1. The number of hydrogen-bond acceptors (Lipinski definition) is 4. The molecule has 26 heavy (non-hydrogen) atoms. The summed E-state index contributed by atoms with van der Waals surface area (Å²) in [4.78, 5) is 28.6. The highest BCUT2D eigenvalue weighted by Crippen LogP contribution is 2.29. The Morgan fingerprint density at radius 3 is 2.65 bits per heavy atom. The third-order valence-electron chi connectivity index (χ3n) is 4.80. The average molecular weight is 374 g/mol. The molecule has 2 aliphatic heterocycles. The highest BCUT2D eigenvalue weighted by molar-refractivity contribution is 7.13. The number of rotatable bonds is 2. The molecule has 6 nitrogen and oxygen atoms in total. The quantitative estimate of drug-likeness (QED) is 0.850. The zero-order valence-electron chi connectivity index (χ0n) is 14.3. The third-order valence-corrected chi connectivity index (χ3v) is 5.79. The summed E-state index contributed by atoms with van der Waals surface area (Å²) in [5, 5.41) is 4.30. The second kappa shape index (κ2) is 6.37. The van der Waals surface area contributed by atoms with E-state index < -0.39 is 11.5 Å². The van der Waals surface area contributed by atoms with Gasteiger partial charge in [-0.2, -0.15) is 0 Å². The Morgan fingerprint density at radius 1 is 1.23 bits per heavy atom. The van der Waals surface area contributed by atoms with Crippen LogP contribution in [0.4, 0.5) is 14.9 Å². The Labute approximate surface area is 154 Å². The van der Waals surface area contributed by atoms with E-state index in [1.54, 1.807) is 12.1 Å². The summed E-state index contributed by atoms with van der Waals surface area (Å²) < 4.78 is 13.5. The predicted octanol–water partition coefficient (Wildman–Crippen LogP) is 2.86. The van der Waals surface area contributed by atoms with E-state index in [2.05, 4.69) is 10.7 Å². The van der Waals surface area contributed by atoms with Crippen LogP contribution in [0.15, 0.2) is 36.4 Å². The summed E-state index contributed by atoms with van der Waals surface area (Å²) in [7, 11) is 0.